The first-order valence-electron chi connectivity index (χ1n) is 5.23. The molecule has 1 aromatic carbocycles. The Balaban J connectivity index is 0.000000184. The predicted octanol–water partition coefficient (Wildman–Crippen LogP) is 2.65. The largest absolute Gasteiger partial charge is 0.478 e. The Hall–Kier alpha value is -2.67. The Morgan fingerprint density at radius 3 is 2.11 bits per heavy atom. The highest BCUT2D eigenvalue weighted by Gasteiger charge is 1.98. The number of carbonyl (C=O) groups is 1. The minimum absolute atomic E-state index is 0.339. The van der Waals surface area contributed by atoms with Gasteiger partial charge < -0.3 is 5.11 Å². The van der Waals surface area contributed by atoms with Crippen molar-refractivity contribution in [3.05, 3.63) is 65.5 Å². The van der Waals surface area contributed by atoms with Gasteiger partial charge in [-0.3, -0.25) is 4.98 Å². The van der Waals surface area contributed by atoms with E-state index >= 15 is 0 Å². The lowest BCUT2D eigenvalue weighted by atomic mass is 10.2. The van der Waals surface area contributed by atoms with Crippen LogP contribution in [0, 0.1) is 18.3 Å². The van der Waals surface area contributed by atoms with E-state index in [1.54, 1.807) is 48.8 Å². The van der Waals surface area contributed by atoms with E-state index in [1.807, 2.05) is 13.0 Å². The summed E-state index contributed by atoms with van der Waals surface area (Å²) in [6.45, 7) is 1.92. The minimum Gasteiger partial charge on any atom is -0.478 e. The third-order valence-electron chi connectivity index (χ3n) is 2.11. The standard InChI is InChI=1S/C8H8O2.C6H4N2/c1-6-2-4-7(5-3-6)8(9)10;7-5-6-1-3-8-4-2-6/h2-5H,1H3,(H,9,10);1-4H. The Labute approximate surface area is 105 Å². The van der Waals surface area contributed by atoms with Crippen molar-refractivity contribution in [2.45, 2.75) is 6.92 Å². The number of nitriles is 1. The molecule has 90 valence electrons. The molecule has 2 rings (SSSR count). The molecule has 0 aliphatic carbocycles. The number of pyridine rings is 1. The van der Waals surface area contributed by atoms with Gasteiger partial charge in [-0.05, 0) is 31.2 Å². The molecule has 18 heavy (non-hydrogen) atoms. The van der Waals surface area contributed by atoms with E-state index in [0.29, 0.717) is 11.1 Å². The van der Waals surface area contributed by atoms with Crippen LogP contribution in [0.5, 0.6) is 0 Å². The van der Waals surface area contributed by atoms with Crippen LogP contribution in [0.4, 0.5) is 0 Å². The van der Waals surface area contributed by atoms with Crippen molar-refractivity contribution < 1.29 is 9.90 Å². The summed E-state index contributed by atoms with van der Waals surface area (Å²) in [5, 5.41) is 16.7. The van der Waals surface area contributed by atoms with Crippen LogP contribution < -0.4 is 0 Å². The van der Waals surface area contributed by atoms with Crippen LogP contribution in [0.25, 0.3) is 0 Å². The first kappa shape index (κ1) is 13.4. The Morgan fingerprint density at radius 1 is 1.17 bits per heavy atom. The summed E-state index contributed by atoms with van der Waals surface area (Å²) >= 11 is 0. The van der Waals surface area contributed by atoms with E-state index in [9.17, 15) is 4.79 Å². The van der Waals surface area contributed by atoms with Crippen molar-refractivity contribution in [2.24, 2.45) is 0 Å². The SMILES string of the molecule is Cc1ccc(C(=O)O)cc1.N#Cc1ccncc1. The van der Waals surface area contributed by atoms with Crippen molar-refractivity contribution >= 4 is 5.97 Å². The van der Waals surface area contributed by atoms with Crippen LogP contribution in [0.15, 0.2) is 48.8 Å². The summed E-state index contributed by atoms with van der Waals surface area (Å²) in [7, 11) is 0. The van der Waals surface area contributed by atoms with Gasteiger partial charge in [-0.2, -0.15) is 5.26 Å². The molecule has 1 N–H and O–H groups in total. The van der Waals surface area contributed by atoms with Gasteiger partial charge in [-0.1, -0.05) is 17.7 Å². The number of carboxylic acid groups (broad SMARTS) is 1. The van der Waals surface area contributed by atoms with Gasteiger partial charge in [0.1, 0.15) is 0 Å². The van der Waals surface area contributed by atoms with Crippen LogP contribution in [0.2, 0.25) is 0 Å². The summed E-state index contributed by atoms with van der Waals surface area (Å²) < 4.78 is 0. The fourth-order valence-electron chi connectivity index (χ4n) is 1.12. The third-order valence-corrected chi connectivity index (χ3v) is 2.11. The molecule has 1 heterocycles. The molecule has 0 aliphatic rings. The maximum absolute atomic E-state index is 10.3. The van der Waals surface area contributed by atoms with Gasteiger partial charge >= 0.3 is 5.97 Å². The summed E-state index contributed by atoms with van der Waals surface area (Å²) in [5.74, 6) is -0.875. The van der Waals surface area contributed by atoms with Gasteiger partial charge in [0.25, 0.3) is 0 Å². The maximum atomic E-state index is 10.3. The molecule has 0 radical (unpaired) electrons. The van der Waals surface area contributed by atoms with Crippen LogP contribution in [-0.4, -0.2) is 16.1 Å². The van der Waals surface area contributed by atoms with E-state index in [0.717, 1.165) is 5.56 Å². The van der Waals surface area contributed by atoms with Crippen molar-refractivity contribution in [1.29, 1.82) is 5.26 Å². The minimum atomic E-state index is -0.875. The van der Waals surface area contributed by atoms with Crippen molar-refractivity contribution in [3.63, 3.8) is 0 Å². The number of aromatic nitrogens is 1. The number of rotatable bonds is 1. The number of hydrogen-bond acceptors (Lipinski definition) is 3. The molecule has 0 atom stereocenters. The van der Waals surface area contributed by atoms with Crippen LogP contribution in [-0.2, 0) is 0 Å². The molecule has 0 spiro atoms. The highest BCUT2D eigenvalue weighted by molar-refractivity contribution is 5.87. The number of aromatic carboxylic acids is 1. The highest BCUT2D eigenvalue weighted by Crippen LogP contribution is 2.01. The molecule has 0 saturated carbocycles. The van der Waals surface area contributed by atoms with E-state index in [1.165, 1.54) is 0 Å². The van der Waals surface area contributed by atoms with Gasteiger partial charge in [0.15, 0.2) is 0 Å². The zero-order valence-electron chi connectivity index (χ0n) is 9.87. The average Bonchev–Trinajstić information content (AvgIpc) is 2.41. The molecule has 0 bridgehead atoms. The smallest absolute Gasteiger partial charge is 0.335 e. The second-order valence-corrected chi connectivity index (χ2v) is 3.52. The zero-order valence-corrected chi connectivity index (χ0v) is 9.87. The van der Waals surface area contributed by atoms with E-state index in [-0.39, 0.29) is 0 Å². The molecule has 0 amide bonds. The van der Waals surface area contributed by atoms with Gasteiger partial charge in [-0.25, -0.2) is 4.79 Å². The second kappa shape index (κ2) is 6.81. The quantitative estimate of drug-likeness (QED) is 0.831. The number of carboxylic acids is 1. The summed E-state index contributed by atoms with van der Waals surface area (Å²) in [5.41, 5.74) is 2.07. The predicted molar refractivity (Wildman–Crippen MR) is 67.1 cm³/mol. The summed E-state index contributed by atoms with van der Waals surface area (Å²) in [6, 6.07) is 12.1. The van der Waals surface area contributed by atoms with Gasteiger partial charge in [-0.15, -0.1) is 0 Å². The molecule has 4 heteroatoms. The number of hydrogen-bond donors (Lipinski definition) is 1. The topological polar surface area (TPSA) is 74.0 Å². The maximum Gasteiger partial charge on any atom is 0.335 e. The van der Waals surface area contributed by atoms with E-state index < -0.39 is 5.97 Å². The number of aryl methyl sites for hydroxylation is 1. The van der Waals surface area contributed by atoms with Crippen molar-refractivity contribution in [2.75, 3.05) is 0 Å². The lowest BCUT2D eigenvalue weighted by Gasteiger charge is -1.92. The fourth-order valence-corrected chi connectivity index (χ4v) is 1.12. The lowest BCUT2D eigenvalue weighted by Crippen LogP contribution is -1.94. The van der Waals surface area contributed by atoms with E-state index in [2.05, 4.69) is 4.98 Å². The van der Waals surface area contributed by atoms with Gasteiger partial charge in [0.05, 0.1) is 17.2 Å². The molecule has 1 aromatic heterocycles. The number of nitrogens with zero attached hydrogens (tertiary/aromatic N) is 2. The van der Waals surface area contributed by atoms with Gasteiger partial charge in [0.2, 0.25) is 0 Å². The average molecular weight is 240 g/mol. The lowest BCUT2D eigenvalue weighted by molar-refractivity contribution is 0.0697. The summed E-state index contributed by atoms with van der Waals surface area (Å²) in [6.07, 6.45) is 3.19. The second-order valence-electron chi connectivity index (χ2n) is 3.52. The number of benzene rings is 1. The normalized spacial score (nSPS) is 8.67. The third kappa shape index (κ3) is 4.45. The molecule has 0 unspecified atom stereocenters. The summed E-state index contributed by atoms with van der Waals surface area (Å²) in [4.78, 5) is 14.1. The van der Waals surface area contributed by atoms with Crippen molar-refractivity contribution in [1.82, 2.24) is 4.98 Å². The molecule has 2 aromatic rings. The molecule has 4 nitrogen and oxygen atoms in total. The molecular formula is C14H12N2O2. The Bertz CT molecular complexity index is 542. The van der Waals surface area contributed by atoms with Crippen molar-refractivity contribution in [3.8, 4) is 6.07 Å². The molecular weight excluding hydrogens is 228 g/mol. The van der Waals surface area contributed by atoms with Crippen LogP contribution in [0.3, 0.4) is 0 Å². The van der Waals surface area contributed by atoms with E-state index in [4.69, 9.17) is 10.4 Å². The molecule has 0 aliphatic heterocycles. The fraction of sp³-hybridized carbons (Fsp3) is 0.0714. The Kier molecular flexibility index (Phi) is 5.07. The molecule has 0 fully saturated rings. The first-order valence-corrected chi connectivity index (χ1v) is 5.23. The molecule has 0 saturated heterocycles. The highest BCUT2D eigenvalue weighted by atomic mass is 16.4. The van der Waals surface area contributed by atoms with Crippen LogP contribution in [0.1, 0.15) is 21.5 Å². The van der Waals surface area contributed by atoms with Gasteiger partial charge in [0, 0.05) is 12.4 Å². The first-order chi connectivity index (χ1) is 8.63. The Morgan fingerprint density at radius 2 is 1.72 bits per heavy atom. The van der Waals surface area contributed by atoms with Crippen LogP contribution >= 0.6 is 0 Å². The zero-order chi connectivity index (χ0) is 13.4. The monoisotopic (exact) mass is 240 g/mol.